The molecule has 0 aliphatic rings. The van der Waals surface area contributed by atoms with Gasteiger partial charge in [0.25, 0.3) is 0 Å². The molecule has 2 aromatic carbocycles. The molecule has 2 N–H and O–H groups in total. The van der Waals surface area contributed by atoms with Crippen LogP contribution in [0, 0.1) is 6.92 Å². The monoisotopic (exact) mass is 366 g/mol. The van der Waals surface area contributed by atoms with Gasteiger partial charge >= 0.3 is 0 Å². The number of hydrogen-bond donors (Lipinski definition) is 2. The molecule has 0 unspecified atom stereocenters. The molecule has 1 heterocycles. The zero-order valence-corrected chi connectivity index (χ0v) is 15.7. The predicted octanol–water partition coefficient (Wildman–Crippen LogP) is 4.30. The fourth-order valence-corrected chi connectivity index (χ4v) is 2.65. The first-order valence-corrected chi connectivity index (χ1v) is 8.36. The maximum absolute atomic E-state index is 5.38. The van der Waals surface area contributed by atoms with E-state index in [9.17, 15) is 0 Å². The molecule has 3 rings (SSSR count). The van der Waals surface area contributed by atoms with Crippen LogP contribution in [0.3, 0.4) is 0 Å². The van der Waals surface area contributed by atoms with Crippen LogP contribution in [0.1, 0.15) is 5.56 Å². The van der Waals surface area contributed by atoms with E-state index in [0.717, 1.165) is 16.9 Å². The van der Waals surface area contributed by atoms with Gasteiger partial charge in [-0.05, 0) is 18.6 Å². The number of benzene rings is 2. The van der Waals surface area contributed by atoms with Crippen LogP contribution < -0.4 is 24.8 Å². The first-order chi connectivity index (χ1) is 13.1. The number of anilines is 4. The van der Waals surface area contributed by atoms with Crippen molar-refractivity contribution in [2.24, 2.45) is 0 Å². The van der Waals surface area contributed by atoms with Gasteiger partial charge < -0.3 is 24.8 Å². The summed E-state index contributed by atoms with van der Waals surface area (Å²) >= 11 is 0. The van der Waals surface area contributed by atoms with Crippen LogP contribution in [0.5, 0.6) is 17.2 Å². The molecule has 0 fully saturated rings. The molecule has 0 spiro atoms. The Morgan fingerprint density at radius 1 is 0.778 bits per heavy atom. The number of nitrogens with zero attached hydrogens (tertiary/aromatic N) is 2. The average molecular weight is 366 g/mol. The van der Waals surface area contributed by atoms with E-state index < -0.39 is 0 Å². The van der Waals surface area contributed by atoms with Gasteiger partial charge in [-0.2, -0.15) is 0 Å². The van der Waals surface area contributed by atoms with E-state index >= 15 is 0 Å². The van der Waals surface area contributed by atoms with E-state index in [-0.39, 0.29) is 0 Å². The first-order valence-electron chi connectivity index (χ1n) is 8.36. The Balaban J connectivity index is 1.85. The summed E-state index contributed by atoms with van der Waals surface area (Å²) in [7, 11) is 4.73. The summed E-state index contributed by atoms with van der Waals surface area (Å²) in [6.45, 7) is 2.04. The number of hydrogen-bond acceptors (Lipinski definition) is 7. The summed E-state index contributed by atoms with van der Waals surface area (Å²) < 4.78 is 16.1. The number of ether oxygens (including phenoxy) is 3. The number of aryl methyl sites for hydroxylation is 1. The molecule has 0 aliphatic carbocycles. The Kier molecular flexibility index (Phi) is 5.61. The number of rotatable bonds is 7. The molecule has 0 saturated carbocycles. The first kappa shape index (κ1) is 18.3. The number of nitrogens with one attached hydrogen (secondary N) is 2. The van der Waals surface area contributed by atoms with Crippen LogP contribution in [-0.4, -0.2) is 31.3 Å². The summed E-state index contributed by atoms with van der Waals surface area (Å²) in [5, 5.41) is 6.54. The van der Waals surface area contributed by atoms with Crippen molar-refractivity contribution in [1.29, 1.82) is 0 Å². The van der Waals surface area contributed by atoms with Gasteiger partial charge in [0, 0.05) is 29.6 Å². The van der Waals surface area contributed by atoms with Crippen LogP contribution in [0.2, 0.25) is 0 Å². The molecule has 0 radical (unpaired) electrons. The molecule has 0 bridgehead atoms. The maximum Gasteiger partial charge on any atom is 0.203 e. The molecule has 3 aromatic rings. The fraction of sp³-hybridized carbons (Fsp3) is 0.200. The Morgan fingerprint density at radius 2 is 1.41 bits per heavy atom. The summed E-state index contributed by atoms with van der Waals surface area (Å²) in [6.07, 6.45) is 1.50. The minimum Gasteiger partial charge on any atom is -0.493 e. The molecular formula is C20H22N4O3. The molecular weight excluding hydrogens is 344 g/mol. The molecule has 7 nitrogen and oxygen atoms in total. The lowest BCUT2D eigenvalue weighted by Crippen LogP contribution is -2.01. The molecule has 0 saturated heterocycles. The van der Waals surface area contributed by atoms with E-state index in [2.05, 4.69) is 20.6 Å². The van der Waals surface area contributed by atoms with Crippen molar-refractivity contribution in [1.82, 2.24) is 9.97 Å². The van der Waals surface area contributed by atoms with Crippen LogP contribution in [0.25, 0.3) is 0 Å². The van der Waals surface area contributed by atoms with E-state index in [0.29, 0.717) is 28.9 Å². The highest BCUT2D eigenvalue weighted by molar-refractivity contribution is 5.68. The van der Waals surface area contributed by atoms with Gasteiger partial charge in [0.05, 0.1) is 21.3 Å². The van der Waals surface area contributed by atoms with Gasteiger partial charge in [-0.1, -0.05) is 18.2 Å². The van der Waals surface area contributed by atoms with Crippen LogP contribution in [0.4, 0.5) is 23.0 Å². The van der Waals surface area contributed by atoms with Crippen LogP contribution >= 0.6 is 0 Å². The summed E-state index contributed by atoms with van der Waals surface area (Å²) in [6, 6.07) is 13.5. The molecule has 0 atom stereocenters. The lowest BCUT2D eigenvalue weighted by atomic mass is 10.2. The highest BCUT2D eigenvalue weighted by Crippen LogP contribution is 2.40. The van der Waals surface area contributed by atoms with Gasteiger partial charge in [0.1, 0.15) is 18.0 Å². The van der Waals surface area contributed by atoms with E-state index in [1.54, 1.807) is 21.3 Å². The number of methoxy groups -OCH3 is 3. The van der Waals surface area contributed by atoms with E-state index in [1.165, 1.54) is 6.33 Å². The normalized spacial score (nSPS) is 10.2. The summed E-state index contributed by atoms with van der Waals surface area (Å²) in [5.74, 6) is 2.98. The number of aromatic nitrogens is 2. The molecule has 1 aromatic heterocycles. The Labute approximate surface area is 158 Å². The molecule has 7 heteroatoms. The lowest BCUT2D eigenvalue weighted by molar-refractivity contribution is 0.324. The molecule has 27 heavy (non-hydrogen) atoms. The Hall–Kier alpha value is -3.48. The Morgan fingerprint density at radius 3 is 2.00 bits per heavy atom. The summed E-state index contributed by atoms with van der Waals surface area (Å²) in [5.41, 5.74) is 2.88. The third-order valence-electron chi connectivity index (χ3n) is 4.01. The van der Waals surface area contributed by atoms with Crippen molar-refractivity contribution in [2.45, 2.75) is 6.92 Å². The van der Waals surface area contributed by atoms with Crippen molar-refractivity contribution in [3.8, 4) is 17.2 Å². The third-order valence-corrected chi connectivity index (χ3v) is 4.01. The highest BCUT2D eigenvalue weighted by atomic mass is 16.5. The lowest BCUT2D eigenvalue weighted by Gasteiger charge is -2.15. The van der Waals surface area contributed by atoms with Crippen LogP contribution in [-0.2, 0) is 0 Å². The van der Waals surface area contributed by atoms with E-state index in [1.807, 2.05) is 49.4 Å². The SMILES string of the molecule is COc1cc(Nc2cc(Nc3ccccc3C)ncn2)cc(OC)c1OC. The maximum atomic E-state index is 5.38. The average Bonchev–Trinajstić information content (AvgIpc) is 2.69. The smallest absolute Gasteiger partial charge is 0.203 e. The largest absolute Gasteiger partial charge is 0.493 e. The van der Waals surface area contributed by atoms with Gasteiger partial charge in [0.2, 0.25) is 5.75 Å². The van der Waals surface area contributed by atoms with Gasteiger partial charge in [0.15, 0.2) is 11.5 Å². The zero-order valence-electron chi connectivity index (χ0n) is 15.7. The van der Waals surface area contributed by atoms with Crippen molar-refractivity contribution in [2.75, 3.05) is 32.0 Å². The minimum absolute atomic E-state index is 0.537. The highest BCUT2D eigenvalue weighted by Gasteiger charge is 2.13. The fourth-order valence-electron chi connectivity index (χ4n) is 2.65. The predicted molar refractivity (Wildman–Crippen MR) is 106 cm³/mol. The second kappa shape index (κ2) is 8.27. The van der Waals surface area contributed by atoms with Crippen molar-refractivity contribution in [3.05, 3.63) is 54.4 Å². The second-order valence-corrected chi connectivity index (χ2v) is 5.77. The second-order valence-electron chi connectivity index (χ2n) is 5.77. The molecule has 0 amide bonds. The minimum atomic E-state index is 0.537. The van der Waals surface area contributed by atoms with Gasteiger partial charge in [-0.3, -0.25) is 0 Å². The zero-order chi connectivity index (χ0) is 19.2. The van der Waals surface area contributed by atoms with E-state index in [4.69, 9.17) is 14.2 Å². The van der Waals surface area contributed by atoms with Crippen molar-refractivity contribution >= 4 is 23.0 Å². The molecule has 140 valence electrons. The molecule has 0 aliphatic heterocycles. The quantitative estimate of drug-likeness (QED) is 0.645. The Bertz CT molecular complexity index is 906. The van der Waals surface area contributed by atoms with Crippen LogP contribution in [0.15, 0.2) is 48.8 Å². The topological polar surface area (TPSA) is 77.5 Å². The van der Waals surface area contributed by atoms with Gasteiger partial charge in [-0.15, -0.1) is 0 Å². The standard InChI is InChI=1S/C20H22N4O3/c1-13-7-5-6-8-15(13)24-19-11-18(21-12-22-19)23-14-9-16(25-2)20(27-4)17(10-14)26-3/h5-12H,1-4H3,(H2,21,22,23,24). The summed E-state index contributed by atoms with van der Waals surface area (Å²) in [4.78, 5) is 8.56. The number of para-hydroxylation sites is 1. The van der Waals surface area contributed by atoms with Crippen molar-refractivity contribution in [3.63, 3.8) is 0 Å². The third kappa shape index (κ3) is 4.20. The van der Waals surface area contributed by atoms with Gasteiger partial charge in [-0.25, -0.2) is 9.97 Å². The van der Waals surface area contributed by atoms with Crippen molar-refractivity contribution < 1.29 is 14.2 Å².